The molecule has 2 unspecified atom stereocenters. The van der Waals surface area contributed by atoms with Gasteiger partial charge in [-0.15, -0.1) is 13.2 Å². The second-order valence-electron chi connectivity index (χ2n) is 9.85. The van der Waals surface area contributed by atoms with Crippen molar-refractivity contribution in [3.05, 3.63) is 23.9 Å². The number of ether oxygens (including phenoxy) is 2. The Bertz CT molecular complexity index is 929. The number of piperidine rings is 1. The normalized spacial score (nSPS) is 28.9. The third kappa shape index (κ3) is 5.66. The second-order valence-corrected chi connectivity index (χ2v) is 9.85. The molecule has 4 N–H and O–H groups in total. The first-order valence-corrected chi connectivity index (χ1v) is 11.9. The summed E-state index contributed by atoms with van der Waals surface area (Å²) in [7, 11) is 1.79. The van der Waals surface area contributed by atoms with Crippen LogP contribution in [0.1, 0.15) is 45.1 Å². The maximum absolute atomic E-state index is 12.7. The molecule has 2 aliphatic carbocycles. The van der Waals surface area contributed by atoms with E-state index >= 15 is 0 Å². The minimum Gasteiger partial charge on any atom is -0.402 e. The predicted octanol–water partition coefficient (Wildman–Crippen LogP) is 3.85. The molecule has 34 heavy (non-hydrogen) atoms. The van der Waals surface area contributed by atoms with Gasteiger partial charge in [0.1, 0.15) is 0 Å². The molecule has 4 rings (SSSR count). The van der Waals surface area contributed by atoms with Crippen LogP contribution in [0.4, 0.5) is 19.0 Å². The quantitative estimate of drug-likeness (QED) is 0.574. The van der Waals surface area contributed by atoms with E-state index in [1.807, 2.05) is 13.8 Å². The molecule has 188 valence electrons. The van der Waals surface area contributed by atoms with Crippen molar-refractivity contribution in [2.45, 2.75) is 64.1 Å². The molecular formula is C24H34F3N5O2. The standard InChI is InChI=1S/C24H34F3N5O2/c1-13(2)31-20(11-19(28)14-8-21(23(29)30-12-14)34-24(25,26)27)22-17-9-15(10-18(17)22)32-6-4-16(33-3)5-7-32/h8,11-13,15-18,22H,4-7,9-10,28H2,1-3H3,(H2,29,30)/t15?,17-,18+,22?. The van der Waals surface area contributed by atoms with Crippen LogP contribution in [0.25, 0.3) is 5.70 Å². The van der Waals surface area contributed by atoms with Crippen molar-refractivity contribution in [2.75, 3.05) is 25.9 Å². The summed E-state index contributed by atoms with van der Waals surface area (Å²) in [5.41, 5.74) is 13.3. The molecule has 4 atom stereocenters. The number of rotatable bonds is 7. The highest BCUT2D eigenvalue weighted by atomic mass is 19.4. The number of halogens is 3. The molecule has 3 fully saturated rings. The van der Waals surface area contributed by atoms with E-state index in [2.05, 4.69) is 14.6 Å². The number of fused-ring (bicyclic) bond motifs is 1. The average molecular weight is 482 g/mol. The number of allylic oxidation sites excluding steroid dienone is 1. The van der Waals surface area contributed by atoms with Gasteiger partial charge in [0.2, 0.25) is 0 Å². The molecule has 1 saturated heterocycles. The Kier molecular flexibility index (Phi) is 7.09. The number of aliphatic imine (C=N–C) groups is 1. The van der Waals surface area contributed by atoms with Gasteiger partial charge < -0.3 is 25.8 Å². The molecule has 0 spiro atoms. The number of alkyl halides is 3. The number of anilines is 1. The number of nitrogen functional groups attached to an aromatic ring is 1. The first-order chi connectivity index (χ1) is 16.1. The van der Waals surface area contributed by atoms with Crippen molar-refractivity contribution in [3.8, 4) is 5.75 Å². The average Bonchev–Trinajstić information content (AvgIpc) is 3.26. The molecule has 1 aromatic rings. The number of nitrogens with zero attached hydrogens (tertiary/aromatic N) is 3. The minimum atomic E-state index is -4.86. The zero-order valence-corrected chi connectivity index (χ0v) is 19.9. The molecule has 0 aromatic carbocycles. The lowest BCUT2D eigenvalue weighted by Crippen LogP contribution is -2.43. The molecule has 1 aromatic heterocycles. The molecule has 7 nitrogen and oxygen atoms in total. The zero-order chi connectivity index (χ0) is 24.6. The molecule has 0 radical (unpaired) electrons. The second kappa shape index (κ2) is 9.73. The molecule has 0 bridgehead atoms. The smallest absolute Gasteiger partial charge is 0.402 e. The van der Waals surface area contributed by atoms with Crippen LogP contribution in [0.5, 0.6) is 5.75 Å². The van der Waals surface area contributed by atoms with Gasteiger partial charge in [0.25, 0.3) is 0 Å². The first-order valence-electron chi connectivity index (χ1n) is 11.9. The molecule has 10 heteroatoms. The molecule has 2 saturated carbocycles. The van der Waals surface area contributed by atoms with Crippen molar-refractivity contribution >= 4 is 17.2 Å². The third-order valence-corrected chi connectivity index (χ3v) is 7.24. The Morgan fingerprint density at radius 3 is 2.44 bits per heavy atom. The molecule has 1 aliphatic heterocycles. The summed E-state index contributed by atoms with van der Waals surface area (Å²) in [6, 6.07) is 1.86. The summed E-state index contributed by atoms with van der Waals surface area (Å²) >= 11 is 0. The lowest BCUT2D eigenvalue weighted by molar-refractivity contribution is -0.274. The van der Waals surface area contributed by atoms with Gasteiger partial charge in [0.05, 0.1) is 6.10 Å². The summed E-state index contributed by atoms with van der Waals surface area (Å²) in [5.74, 6) is 0.566. The van der Waals surface area contributed by atoms with Crippen LogP contribution in [0.15, 0.2) is 23.3 Å². The Hall–Kier alpha value is -2.33. The zero-order valence-electron chi connectivity index (χ0n) is 19.9. The maximum atomic E-state index is 12.7. The Morgan fingerprint density at radius 2 is 1.88 bits per heavy atom. The highest BCUT2D eigenvalue weighted by Gasteiger charge is 2.58. The van der Waals surface area contributed by atoms with Crippen LogP contribution in [0, 0.1) is 17.8 Å². The number of hydrogen-bond donors (Lipinski definition) is 2. The third-order valence-electron chi connectivity index (χ3n) is 7.24. The van der Waals surface area contributed by atoms with E-state index in [-0.39, 0.29) is 11.9 Å². The van der Waals surface area contributed by atoms with Crippen molar-refractivity contribution in [1.29, 1.82) is 0 Å². The Labute approximate surface area is 198 Å². The molecule has 0 amide bonds. The predicted molar refractivity (Wildman–Crippen MR) is 125 cm³/mol. The van der Waals surface area contributed by atoms with E-state index in [9.17, 15) is 13.2 Å². The van der Waals surface area contributed by atoms with Crippen LogP contribution >= 0.6 is 0 Å². The van der Waals surface area contributed by atoms with Gasteiger partial charge in [-0.2, -0.15) is 0 Å². The van der Waals surface area contributed by atoms with E-state index in [4.69, 9.17) is 21.2 Å². The van der Waals surface area contributed by atoms with Crippen LogP contribution in [0.3, 0.4) is 0 Å². The van der Waals surface area contributed by atoms with E-state index in [0.717, 1.165) is 44.5 Å². The van der Waals surface area contributed by atoms with Gasteiger partial charge in [0, 0.05) is 61.4 Å². The maximum Gasteiger partial charge on any atom is 0.573 e. The summed E-state index contributed by atoms with van der Waals surface area (Å²) in [6.07, 6.45) is 3.11. The lowest BCUT2D eigenvalue weighted by Gasteiger charge is -2.36. The largest absolute Gasteiger partial charge is 0.573 e. The lowest BCUT2D eigenvalue weighted by atomic mass is 9.98. The topological polar surface area (TPSA) is 99.0 Å². The Balaban J connectivity index is 1.45. The van der Waals surface area contributed by atoms with Crippen LogP contribution in [0.2, 0.25) is 0 Å². The van der Waals surface area contributed by atoms with Crippen LogP contribution in [-0.2, 0) is 4.74 Å². The number of aromatic nitrogens is 1. The van der Waals surface area contributed by atoms with E-state index in [0.29, 0.717) is 41.2 Å². The van der Waals surface area contributed by atoms with Gasteiger partial charge in [-0.1, -0.05) is 0 Å². The van der Waals surface area contributed by atoms with E-state index < -0.39 is 12.1 Å². The summed E-state index contributed by atoms with van der Waals surface area (Å²) in [5, 5.41) is 0. The van der Waals surface area contributed by atoms with Crippen molar-refractivity contribution in [3.63, 3.8) is 0 Å². The van der Waals surface area contributed by atoms with Crippen molar-refractivity contribution in [2.24, 2.45) is 28.5 Å². The highest BCUT2D eigenvalue weighted by molar-refractivity contribution is 6.04. The van der Waals surface area contributed by atoms with Crippen LogP contribution in [-0.4, -0.2) is 60.3 Å². The van der Waals surface area contributed by atoms with Gasteiger partial charge in [-0.05, 0) is 63.5 Å². The van der Waals surface area contributed by atoms with Crippen molar-refractivity contribution < 1.29 is 22.6 Å². The van der Waals surface area contributed by atoms with E-state index in [1.54, 1.807) is 13.2 Å². The molecule has 2 heterocycles. The van der Waals surface area contributed by atoms with Gasteiger partial charge >= 0.3 is 6.36 Å². The number of pyridine rings is 1. The monoisotopic (exact) mass is 481 g/mol. The van der Waals surface area contributed by atoms with Gasteiger partial charge in [-0.25, -0.2) is 4.98 Å². The molecular weight excluding hydrogens is 447 g/mol. The van der Waals surface area contributed by atoms with Gasteiger partial charge in [0.15, 0.2) is 11.6 Å². The fraction of sp³-hybridized carbons (Fsp3) is 0.667. The number of hydrogen-bond acceptors (Lipinski definition) is 7. The molecule has 3 aliphatic rings. The fourth-order valence-electron chi connectivity index (χ4n) is 5.61. The minimum absolute atomic E-state index is 0.0814. The fourth-order valence-corrected chi connectivity index (χ4v) is 5.61. The number of nitrogens with two attached hydrogens (primary N) is 2. The first kappa shape index (κ1) is 24.8. The SMILES string of the molecule is COC1CCN(C2C[C@@H]3C(C(C=C(N)c4cnc(N)c(OC(F)(F)F)c4)=NC(C)C)[C@@H]3C2)CC1. The van der Waals surface area contributed by atoms with Crippen molar-refractivity contribution in [1.82, 2.24) is 9.88 Å². The summed E-state index contributed by atoms with van der Waals surface area (Å²) in [4.78, 5) is 11.2. The summed E-state index contributed by atoms with van der Waals surface area (Å²) in [6.45, 7) is 6.18. The number of likely N-dealkylation sites (tertiary alicyclic amines) is 1. The van der Waals surface area contributed by atoms with Crippen LogP contribution < -0.4 is 16.2 Å². The number of methoxy groups -OCH3 is 1. The highest BCUT2D eigenvalue weighted by Crippen LogP contribution is 2.59. The van der Waals surface area contributed by atoms with Gasteiger partial charge in [-0.3, -0.25) is 4.99 Å². The summed E-state index contributed by atoms with van der Waals surface area (Å²) < 4.78 is 47.5. The Morgan fingerprint density at radius 1 is 1.24 bits per heavy atom. The van der Waals surface area contributed by atoms with E-state index in [1.165, 1.54) is 12.3 Å².